The molecule has 11 nitrogen and oxygen atoms in total. The van der Waals surface area contributed by atoms with Crippen LogP contribution in [0.25, 0.3) is 0 Å². The Balaban J connectivity index is 0.000000777. The van der Waals surface area contributed by atoms with Crippen LogP contribution in [0.15, 0.2) is 36.4 Å². The van der Waals surface area contributed by atoms with Crippen molar-refractivity contribution in [3.05, 3.63) is 70.3 Å². The van der Waals surface area contributed by atoms with E-state index < -0.39 is 83.5 Å². The molecular formula is C30H38F8N4O7. The van der Waals surface area contributed by atoms with Gasteiger partial charge in [0.2, 0.25) is 5.91 Å². The Hall–Kier alpha value is -4.68. The van der Waals surface area contributed by atoms with Gasteiger partial charge in [-0.05, 0) is 89.1 Å². The average Bonchev–Trinajstić information content (AvgIpc) is 2.91. The lowest BCUT2D eigenvalue weighted by molar-refractivity contribution is -0.138. The molecule has 0 spiro atoms. The summed E-state index contributed by atoms with van der Waals surface area (Å²) < 4.78 is 109. The van der Waals surface area contributed by atoms with Gasteiger partial charge in [-0.2, -0.15) is 26.3 Å². The van der Waals surface area contributed by atoms with E-state index in [1.165, 1.54) is 0 Å². The number of carboxylic acids is 1. The van der Waals surface area contributed by atoms with E-state index in [2.05, 4.69) is 16.0 Å². The number of carboxylic acid groups (broad SMARTS) is 1. The Kier molecular flexibility index (Phi) is 17.0. The normalized spacial score (nSPS) is 11.5. The summed E-state index contributed by atoms with van der Waals surface area (Å²) in [6.45, 7) is 8.79. The number of amides is 3. The first kappa shape index (κ1) is 44.3. The van der Waals surface area contributed by atoms with E-state index in [4.69, 9.17) is 20.3 Å². The van der Waals surface area contributed by atoms with Crippen LogP contribution in [0.1, 0.15) is 63.8 Å². The van der Waals surface area contributed by atoms with Crippen LogP contribution in [0.4, 0.5) is 44.7 Å². The van der Waals surface area contributed by atoms with Crippen molar-refractivity contribution in [2.45, 2.75) is 78.2 Å². The standard InChI is InChI=1S/C15H18F4N2O3.C8H7F4N.C7H13NO4/c1-14(2,3)24-13(23)21-8-12(22)20-7-9-4-10(15(17,18)19)6-11(16)5-9;9-7-2-5(4-13)1-6(3-7)8(10,11)12;1-7(2,3)12-6(11)8-4-5(9)10/h4-6H,7-8H2,1-3H3,(H,20,22)(H,21,23);1-3H,4,13H2;4H2,1-3H3,(H,8,11)(H,9,10). The van der Waals surface area contributed by atoms with Crippen molar-refractivity contribution in [1.82, 2.24) is 16.0 Å². The van der Waals surface area contributed by atoms with E-state index in [1.54, 1.807) is 41.5 Å². The molecule has 2 aromatic rings. The number of halogens is 8. The second kappa shape index (κ2) is 18.8. The molecule has 0 heterocycles. The molecule has 0 saturated heterocycles. The van der Waals surface area contributed by atoms with Crippen LogP contribution in [0.3, 0.4) is 0 Å². The van der Waals surface area contributed by atoms with Crippen molar-refractivity contribution < 1.29 is 68.9 Å². The van der Waals surface area contributed by atoms with Gasteiger partial charge in [-0.1, -0.05) is 0 Å². The van der Waals surface area contributed by atoms with Gasteiger partial charge in [0.15, 0.2) is 0 Å². The summed E-state index contributed by atoms with van der Waals surface area (Å²) in [5.74, 6) is -3.73. The van der Waals surface area contributed by atoms with Gasteiger partial charge in [0.25, 0.3) is 0 Å². The molecule has 0 aliphatic heterocycles. The number of nitrogens with one attached hydrogen (secondary N) is 3. The van der Waals surface area contributed by atoms with Crippen LogP contribution in [-0.2, 0) is 44.5 Å². The van der Waals surface area contributed by atoms with Crippen molar-refractivity contribution in [2.75, 3.05) is 13.1 Å². The minimum atomic E-state index is -4.68. The number of carbonyl (C=O) groups is 4. The van der Waals surface area contributed by atoms with Crippen molar-refractivity contribution in [1.29, 1.82) is 0 Å². The molecule has 0 saturated carbocycles. The molecular weight excluding hydrogens is 680 g/mol. The van der Waals surface area contributed by atoms with E-state index in [1.807, 2.05) is 0 Å². The molecule has 0 aliphatic rings. The molecule has 19 heteroatoms. The zero-order valence-corrected chi connectivity index (χ0v) is 27.3. The van der Waals surface area contributed by atoms with Crippen LogP contribution >= 0.6 is 0 Å². The van der Waals surface area contributed by atoms with Gasteiger partial charge in [-0.25, -0.2) is 18.4 Å². The largest absolute Gasteiger partial charge is 0.480 e. The maximum absolute atomic E-state index is 13.2. The fraction of sp³-hybridized carbons (Fsp3) is 0.467. The molecule has 2 rings (SSSR count). The predicted octanol–water partition coefficient (Wildman–Crippen LogP) is 5.88. The molecule has 6 N–H and O–H groups in total. The topological polar surface area (TPSA) is 169 Å². The zero-order chi connectivity index (χ0) is 38.4. The van der Waals surface area contributed by atoms with E-state index in [-0.39, 0.29) is 24.2 Å². The Morgan fingerprint density at radius 2 is 1.04 bits per heavy atom. The Labute approximate surface area is 276 Å². The molecule has 0 atom stereocenters. The molecule has 0 unspecified atom stereocenters. The maximum atomic E-state index is 13.2. The first-order chi connectivity index (χ1) is 22.1. The van der Waals surface area contributed by atoms with Gasteiger partial charge >= 0.3 is 30.5 Å². The molecule has 0 radical (unpaired) electrons. The molecule has 3 amide bonds. The Bertz CT molecular complexity index is 1420. The second-order valence-corrected chi connectivity index (χ2v) is 11.8. The summed E-state index contributed by atoms with van der Waals surface area (Å²) in [7, 11) is 0. The minimum Gasteiger partial charge on any atom is -0.480 e. The van der Waals surface area contributed by atoms with Gasteiger partial charge in [-0.3, -0.25) is 9.59 Å². The summed E-state index contributed by atoms with van der Waals surface area (Å²) in [6.07, 6.45) is -10.7. The average molecular weight is 719 g/mol. The third-order valence-corrected chi connectivity index (χ3v) is 4.87. The zero-order valence-electron chi connectivity index (χ0n) is 27.3. The molecule has 0 aromatic heterocycles. The smallest absolute Gasteiger partial charge is 0.416 e. The number of carbonyl (C=O) groups excluding carboxylic acids is 3. The molecule has 0 aliphatic carbocycles. The lowest BCUT2D eigenvalue weighted by atomic mass is 10.1. The predicted molar refractivity (Wildman–Crippen MR) is 159 cm³/mol. The molecule has 0 bridgehead atoms. The highest BCUT2D eigenvalue weighted by Gasteiger charge is 2.32. The van der Waals surface area contributed by atoms with E-state index >= 15 is 0 Å². The number of ether oxygens (including phenoxy) is 2. The van der Waals surface area contributed by atoms with Gasteiger partial charge in [-0.15, -0.1) is 0 Å². The van der Waals surface area contributed by atoms with Crippen molar-refractivity contribution >= 4 is 24.1 Å². The highest BCUT2D eigenvalue weighted by Crippen LogP contribution is 2.31. The first-order valence-corrected chi connectivity index (χ1v) is 14.0. The fourth-order valence-electron chi connectivity index (χ4n) is 3.04. The van der Waals surface area contributed by atoms with Gasteiger partial charge in [0, 0.05) is 13.1 Å². The van der Waals surface area contributed by atoms with E-state index in [0.717, 1.165) is 24.3 Å². The fourth-order valence-corrected chi connectivity index (χ4v) is 3.04. The van der Waals surface area contributed by atoms with Crippen LogP contribution in [0, 0.1) is 11.6 Å². The van der Waals surface area contributed by atoms with E-state index in [9.17, 15) is 54.3 Å². The third kappa shape index (κ3) is 21.7. The molecule has 2 aromatic carbocycles. The molecule has 0 fully saturated rings. The minimum absolute atomic E-state index is 0.0482. The van der Waals surface area contributed by atoms with E-state index in [0.29, 0.717) is 12.1 Å². The van der Waals surface area contributed by atoms with Gasteiger partial charge in [0.1, 0.15) is 35.9 Å². The highest BCUT2D eigenvalue weighted by atomic mass is 19.4. The number of hydrogen-bond donors (Lipinski definition) is 5. The number of nitrogens with two attached hydrogens (primary N) is 1. The summed E-state index contributed by atoms with van der Waals surface area (Å²) in [5.41, 5.74) is 1.71. The Morgan fingerprint density at radius 1 is 0.653 bits per heavy atom. The first-order valence-electron chi connectivity index (χ1n) is 14.0. The number of benzene rings is 2. The number of alkyl carbamates (subject to hydrolysis) is 2. The van der Waals surface area contributed by atoms with Crippen LogP contribution in [0.5, 0.6) is 0 Å². The SMILES string of the molecule is CC(C)(C)OC(=O)NCC(=O)NCc1cc(F)cc(C(F)(F)F)c1.CC(C)(C)OC(=O)NCC(=O)O.NCc1cc(F)cc(C(F)(F)F)c1. The summed E-state index contributed by atoms with van der Waals surface area (Å²) in [5, 5.41) is 14.7. The lowest BCUT2D eigenvalue weighted by Gasteiger charge is -2.19. The summed E-state index contributed by atoms with van der Waals surface area (Å²) >= 11 is 0. The molecule has 49 heavy (non-hydrogen) atoms. The summed E-state index contributed by atoms with van der Waals surface area (Å²) in [4.78, 5) is 43.7. The number of hydrogen-bond acceptors (Lipinski definition) is 7. The second-order valence-electron chi connectivity index (χ2n) is 11.8. The quantitative estimate of drug-likeness (QED) is 0.221. The van der Waals surface area contributed by atoms with Crippen LogP contribution in [0.2, 0.25) is 0 Å². The molecule has 276 valence electrons. The maximum Gasteiger partial charge on any atom is 0.416 e. The van der Waals surface area contributed by atoms with Crippen LogP contribution < -0.4 is 21.7 Å². The number of aliphatic carboxylic acids is 1. The monoisotopic (exact) mass is 718 g/mol. The number of alkyl halides is 6. The van der Waals surface area contributed by atoms with Crippen LogP contribution in [-0.4, -0.2) is 53.5 Å². The van der Waals surface area contributed by atoms with Gasteiger partial charge in [0.05, 0.1) is 11.1 Å². The lowest BCUT2D eigenvalue weighted by Crippen LogP contribution is -2.39. The van der Waals surface area contributed by atoms with Crippen molar-refractivity contribution in [2.24, 2.45) is 5.73 Å². The third-order valence-electron chi connectivity index (χ3n) is 4.87. The summed E-state index contributed by atoms with van der Waals surface area (Å²) in [6, 6.07) is 4.26. The number of rotatable bonds is 7. The van der Waals surface area contributed by atoms with Crippen molar-refractivity contribution in [3.8, 4) is 0 Å². The van der Waals surface area contributed by atoms with Gasteiger partial charge < -0.3 is 36.3 Å². The highest BCUT2D eigenvalue weighted by molar-refractivity contribution is 5.82. The Morgan fingerprint density at radius 3 is 1.41 bits per heavy atom. The van der Waals surface area contributed by atoms with Crippen molar-refractivity contribution in [3.63, 3.8) is 0 Å².